The van der Waals surface area contributed by atoms with Crippen LogP contribution in [0.15, 0.2) is 24.3 Å². The van der Waals surface area contributed by atoms with Crippen LogP contribution in [0.5, 0.6) is 0 Å². The first-order chi connectivity index (χ1) is 6.13. The van der Waals surface area contributed by atoms with E-state index in [9.17, 15) is 4.79 Å². The quantitative estimate of drug-likeness (QED) is 0.712. The maximum atomic E-state index is 11.6. The first kappa shape index (κ1) is 9.93. The van der Waals surface area contributed by atoms with E-state index in [0.717, 1.165) is 0 Å². The Hall–Kier alpha value is -1.15. The van der Waals surface area contributed by atoms with Crippen molar-refractivity contribution in [3.63, 3.8) is 0 Å². The normalized spacial score (nSPS) is 12.9. The van der Waals surface area contributed by atoms with Gasteiger partial charge in [0.15, 0.2) is 5.78 Å². The van der Waals surface area contributed by atoms with Crippen LogP contribution >= 0.6 is 0 Å². The molecule has 13 heavy (non-hydrogen) atoms. The molecule has 2 heteroatoms. The van der Waals surface area contributed by atoms with Gasteiger partial charge in [0, 0.05) is 5.56 Å². The topological polar surface area (TPSA) is 43.1 Å². The lowest BCUT2D eigenvalue weighted by molar-refractivity contribution is 0.0940. The fraction of sp³-hybridized carbons (Fsp3) is 0.364. The molecule has 1 aromatic rings. The lowest BCUT2D eigenvalue weighted by Crippen LogP contribution is -2.35. The fourth-order valence-electron chi connectivity index (χ4n) is 1.05. The summed E-state index contributed by atoms with van der Waals surface area (Å²) in [6.07, 6.45) is 0. The molecule has 1 radical (unpaired) electrons. The highest BCUT2D eigenvalue weighted by Gasteiger charge is 2.18. The third kappa shape index (κ3) is 2.39. The zero-order valence-corrected chi connectivity index (χ0v) is 7.95. The number of nitrogens with two attached hydrogens (primary N) is 1. The van der Waals surface area contributed by atoms with E-state index in [2.05, 4.69) is 6.07 Å². The van der Waals surface area contributed by atoms with Crippen LogP contribution in [0.3, 0.4) is 0 Å². The number of carbonyl (C=O) groups excluding carboxylic acids is 1. The highest BCUT2D eigenvalue weighted by atomic mass is 16.1. The van der Waals surface area contributed by atoms with E-state index in [1.807, 2.05) is 13.8 Å². The standard InChI is InChI=1S/C11H14NO/c1-8(2)10(12)11(13)9-6-4-3-5-7-9/h4-8,10H,12H2,1-2H3/t10-/m0/s1. The highest BCUT2D eigenvalue weighted by Crippen LogP contribution is 2.07. The van der Waals surface area contributed by atoms with Crippen molar-refractivity contribution >= 4 is 5.78 Å². The van der Waals surface area contributed by atoms with Crippen molar-refractivity contribution < 1.29 is 4.79 Å². The second-order valence-corrected chi connectivity index (χ2v) is 3.42. The Morgan fingerprint density at radius 1 is 1.38 bits per heavy atom. The molecular formula is C11H14NO. The molecule has 0 aliphatic heterocycles. The lowest BCUT2D eigenvalue weighted by atomic mass is 9.96. The van der Waals surface area contributed by atoms with Gasteiger partial charge in [0.05, 0.1) is 6.04 Å². The summed E-state index contributed by atoms with van der Waals surface area (Å²) in [6, 6.07) is 9.39. The van der Waals surface area contributed by atoms with E-state index in [4.69, 9.17) is 5.73 Å². The third-order valence-electron chi connectivity index (χ3n) is 2.02. The molecule has 0 aliphatic rings. The van der Waals surface area contributed by atoms with Crippen molar-refractivity contribution in [2.24, 2.45) is 11.7 Å². The van der Waals surface area contributed by atoms with Crippen LogP contribution in [0.2, 0.25) is 0 Å². The van der Waals surface area contributed by atoms with E-state index in [0.29, 0.717) is 5.56 Å². The van der Waals surface area contributed by atoms with E-state index in [1.165, 1.54) is 0 Å². The van der Waals surface area contributed by atoms with Crippen LogP contribution < -0.4 is 5.73 Å². The lowest BCUT2D eigenvalue weighted by Gasteiger charge is -2.13. The molecule has 1 atom stereocenters. The van der Waals surface area contributed by atoms with Gasteiger partial charge in [-0.3, -0.25) is 4.79 Å². The molecule has 1 rings (SSSR count). The van der Waals surface area contributed by atoms with Gasteiger partial charge in [-0.2, -0.15) is 0 Å². The Labute approximate surface area is 78.8 Å². The second kappa shape index (κ2) is 4.19. The predicted molar refractivity (Wildman–Crippen MR) is 52.4 cm³/mol. The molecule has 1 aromatic carbocycles. The van der Waals surface area contributed by atoms with Gasteiger partial charge < -0.3 is 5.73 Å². The van der Waals surface area contributed by atoms with E-state index < -0.39 is 6.04 Å². The average molecular weight is 176 g/mol. The maximum absolute atomic E-state index is 11.6. The molecule has 0 spiro atoms. The van der Waals surface area contributed by atoms with Crippen molar-refractivity contribution in [2.45, 2.75) is 19.9 Å². The minimum Gasteiger partial charge on any atom is -0.321 e. The summed E-state index contributed by atoms with van der Waals surface area (Å²) < 4.78 is 0. The van der Waals surface area contributed by atoms with Gasteiger partial charge in [-0.05, 0) is 12.0 Å². The summed E-state index contributed by atoms with van der Waals surface area (Å²) in [5.74, 6) is 0.181. The van der Waals surface area contributed by atoms with Crippen molar-refractivity contribution in [2.75, 3.05) is 0 Å². The molecule has 0 aliphatic carbocycles. The largest absolute Gasteiger partial charge is 0.321 e. The molecule has 0 bridgehead atoms. The van der Waals surface area contributed by atoms with Crippen LogP contribution in [0.1, 0.15) is 24.2 Å². The van der Waals surface area contributed by atoms with Crippen LogP contribution in [0, 0.1) is 12.0 Å². The van der Waals surface area contributed by atoms with Crippen LogP contribution in [0.4, 0.5) is 0 Å². The van der Waals surface area contributed by atoms with Gasteiger partial charge in [0.1, 0.15) is 0 Å². The molecule has 69 valence electrons. The van der Waals surface area contributed by atoms with Crippen molar-refractivity contribution in [1.82, 2.24) is 0 Å². The Morgan fingerprint density at radius 3 is 2.38 bits per heavy atom. The van der Waals surface area contributed by atoms with Gasteiger partial charge in [-0.1, -0.05) is 38.1 Å². The summed E-state index contributed by atoms with van der Waals surface area (Å²) in [5.41, 5.74) is 6.40. The van der Waals surface area contributed by atoms with Crippen LogP contribution in [-0.2, 0) is 0 Å². The van der Waals surface area contributed by atoms with Crippen LogP contribution in [-0.4, -0.2) is 11.8 Å². The minimum absolute atomic E-state index is 0.00370. The predicted octanol–water partition coefficient (Wildman–Crippen LogP) is 1.65. The molecule has 0 unspecified atom stereocenters. The van der Waals surface area contributed by atoms with Gasteiger partial charge in [-0.15, -0.1) is 0 Å². The zero-order valence-electron chi connectivity index (χ0n) is 7.95. The first-order valence-electron chi connectivity index (χ1n) is 4.39. The Bertz CT molecular complexity index is 279. The number of ketones is 1. The SMILES string of the molecule is CC(C)[C@H](N)C(=O)c1cc[c]cc1. The highest BCUT2D eigenvalue weighted by molar-refractivity contribution is 6.00. The number of rotatable bonds is 3. The molecule has 0 fully saturated rings. The molecule has 2 N–H and O–H groups in total. The fourth-order valence-corrected chi connectivity index (χ4v) is 1.05. The Morgan fingerprint density at radius 2 is 1.92 bits per heavy atom. The average Bonchev–Trinajstić information content (AvgIpc) is 2.17. The first-order valence-corrected chi connectivity index (χ1v) is 4.39. The Balaban J connectivity index is 2.80. The minimum atomic E-state index is -0.401. The molecule has 0 heterocycles. The monoisotopic (exact) mass is 176 g/mol. The van der Waals surface area contributed by atoms with Gasteiger partial charge in [0.2, 0.25) is 0 Å². The summed E-state index contributed by atoms with van der Waals surface area (Å²) in [4.78, 5) is 11.6. The molecule has 0 saturated carbocycles. The number of benzene rings is 1. The third-order valence-corrected chi connectivity index (χ3v) is 2.02. The van der Waals surface area contributed by atoms with Crippen LogP contribution in [0.25, 0.3) is 0 Å². The maximum Gasteiger partial charge on any atom is 0.179 e. The molecule has 0 amide bonds. The van der Waals surface area contributed by atoms with Gasteiger partial charge in [-0.25, -0.2) is 0 Å². The molecular weight excluding hydrogens is 162 g/mol. The van der Waals surface area contributed by atoms with Crippen molar-refractivity contribution in [3.05, 3.63) is 35.9 Å². The van der Waals surface area contributed by atoms with Gasteiger partial charge in [0.25, 0.3) is 0 Å². The van der Waals surface area contributed by atoms with Crippen molar-refractivity contribution in [1.29, 1.82) is 0 Å². The van der Waals surface area contributed by atoms with E-state index >= 15 is 0 Å². The Kier molecular flexibility index (Phi) is 3.20. The zero-order chi connectivity index (χ0) is 9.84. The second-order valence-electron chi connectivity index (χ2n) is 3.42. The molecule has 0 aromatic heterocycles. The number of Topliss-reactive ketones (excluding diaryl/α,β-unsaturated/α-hetero) is 1. The molecule has 0 saturated heterocycles. The van der Waals surface area contributed by atoms with Crippen molar-refractivity contribution in [3.8, 4) is 0 Å². The van der Waals surface area contributed by atoms with Gasteiger partial charge >= 0.3 is 0 Å². The van der Waals surface area contributed by atoms with E-state index in [1.54, 1.807) is 24.3 Å². The summed E-state index contributed by atoms with van der Waals surface area (Å²) >= 11 is 0. The number of hydrogen-bond acceptors (Lipinski definition) is 2. The van der Waals surface area contributed by atoms with E-state index in [-0.39, 0.29) is 11.7 Å². The smallest absolute Gasteiger partial charge is 0.179 e. The number of carbonyl (C=O) groups is 1. The summed E-state index contributed by atoms with van der Waals surface area (Å²) in [7, 11) is 0. The molecule has 2 nitrogen and oxygen atoms in total. The summed E-state index contributed by atoms with van der Waals surface area (Å²) in [6.45, 7) is 3.88. The number of hydrogen-bond donors (Lipinski definition) is 1. The summed E-state index contributed by atoms with van der Waals surface area (Å²) in [5, 5.41) is 0.